The minimum atomic E-state index is -2.48. The Morgan fingerprint density at radius 3 is 1.84 bits per heavy atom. The highest BCUT2D eigenvalue weighted by molar-refractivity contribution is 6.99. The van der Waals surface area contributed by atoms with Crippen molar-refractivity contribution in [3.63, 3.8) is 0 Å². The van der Waals surface area contributed by atoms with E-state index in [-0.39, 0.29) is 17.6 Å². The third-order valence-corrected chi connectivity index (χ3v) is 9.40. The van der Waals surface area contributed by atoms with Gasteiger partial charge in [-0.3, -0.25) is 0 Å². The highest BCUT2D eigenvalue weighted by atomic mass is 28.4. The Kier molecular flexibility index (Phi) is 6.61. The zero-order valence-electron chi connectivity index (χ0n) is 15.6. The van der Waals surface area contributed by atoms with E-state index in [9.17, 15) is 0 Å². The van der Waals surface area contributed by atoms with Gasteiger partial charge in [0.25, 0.3) is 8.32 Å². The Hall–Kier alpha value is -1.86. The van der Waals surface area contributed by atoms with E-state index in [0.29, 0.717) is 6.61 Å². The molecule has 1 unspecified atom stereocenters. The van der Waals surface area contributed by atoms with Crippen LogP contribution in [0.25, 0.3) is 0 Å². The van der Waals surface area contributed by atoms with Crippen LogP contribution in [0.3, 0.4) is 0 Å². The van der Waals surface area contributed by atoms with E-state index in [1.807, 2.05) is 19.1 Å². The Bertz CT molecular complexity index is 669. The minimum absolute atomic E-state index is 0.0279. The van der Waals surface area contributed by atoms with Crippen molar-refractivity contribution >= 4 is 18.7 Å². The molecule has 1 N–H and O–H groups in total. The minimum Gasteiger partial charge on any atom is -0.406 e. The SMILES string of the molecule is CC(C#CCO)CO[Si](c1ccccc1)(c1ccccc1)C(C)(C)C. The van der Waals surface area contributed by atoms with Crippen LogP contribution < -0.4 is 10.4 Å². The van der Waals surface area contributed by atoms with E-state index in [1.54, 1.807) is 0 Å². The normalized spacial score (nSPS) is 13.0. The quantitative estimate of drug-likeness (QED) is 0.661. The zero-order valence-corrected chi connectivity index (χ0v) is 16.6. The number of benzene rings is 2. The summed E-state index contributed by atoms with van der Waals surface area (Å²) in [5.41, 5.74) is 0. The van der Waals surface area contributed by atoms with Crippen molar-refractivity contribution in [2.45, 2.75) is 32.7 Å². The van der Waals surface area contributed by atoms with Crippen molar-refractivity contribution in [2.24, 2.45) is 5.92 Å². The molecule has 3 heteroatoms. The number of rotatable bonds is 5. The summed E-state index contributed by atoms with van der Waals surface area (Å²) >= 11 is 0. The number of hydrogen-bond donors (Lipinski definition) is 1. The summed E-state index contributed by atoms with van der Waals surface area (Å²) in [6, 6.07) is 21.2. The van der Waals surface area contributed by atoms with Crippen molar-refractivity contribution in [3.8, 4) is 11.8 Å². The van der Waals surface area contributed by atoms with Gasteiger partial charge < -0.3 is 9.53 Å². The van der Waals surface area contributed by atoms with Gasteiger partial charge in [0, 0.05) is 12.5 Å². The molecule has 2 aromatic rings. The van der Waals surface area contributed by atoms with E-state index < -0.39 is 8.32 Å². The van der Waals surface area contributed by atoms with Gasteiger partial charge in [0.05, 0.1) is 0 Å². The van der Waals surface area contributed by atoms with Crippen molar-refractivity contribution in [3.05, 3.63) is 60.7 Å². The van der Waals surface area contributed by atoms with Crippen LogP contribution in [0, 0.1) is 17.8 Å². The van der Waals surface area contributed by atoms with Crippen LogP contribution in [0.15, 0.2) is 60.7 Å². The lowest BCUT2D eigenvalue weighted by molar-refractivity contribution is 0.271. The van der Waals surface area contributed by atoms with E-state index >= 15 is 0 Å². The smallest absolute Gasteiger partial charge is 0.261 e. The summed E-state index contributed by atoms with van der Waals surface area (Å²) in [5.74, 6) is 5.88. The molecule has 0 saturated heterocycles. The lowest BCUT2D eigenvalue weighted by Crippen LogP contribution is -2.66. The Labute approximate surface area is 153 Å². The average molecular weight is 353 g/mol. The lowest BCUT2D eigenvalue weighted by atomic mass is 10.2. The first-order valence-corrected chi connectivity index (χ1v) is 10.7. The maximum atomic E-state index is 8.92. The van der Waals surface area contributed by atoms with Crippen molar-refractivity contribution in [2.75, 3.05) is 13.2 Å². The predicted octanol–water partition coefficient (Wildman–Crippen LogP) is 3.19. The van der Waals surface area contributed by atoms with Gasteiger partial charge in [0.15, 0.2) is 0 Å². The van der Waals surface area contributed by atoms with Gasteiger partial charge in [-0.1, -0.05) is 93.3 Å². The summed E-state index contributed by atoms with van der Waals surface area (Å²) < 4.78 is 6.78. The topological polar surface area (TPSA) is 29.5 Å². The molecule has 2 nitrogen and oxygen atoms in total. The average Bonchev–Trinajstić information content (AvgIpc) is 2.61. The molecule has 0 aliphatic carbocycles. The maximum Gasteiger partial charge on any atom is 0.261 e. The fraction of sp³-hybridized carbons (Fsp3) is 0.364. The maximum absolute atomic E-state index is 8.92. The Morgan fingerprint density at radius 1 is 0.960 bits per heavy atom. The molecule has 2 rings (SSSR count). The number of aliphatic hydroxyl groups is 1. The van der Waals surface area contributed by atoms with Gasteiger partial charge in [-0.15, -0.1) is 0 Å². The third kappa shape index (κ3) is 4.41. The van der Waals surface area contributed by atoms with Gasteiger partial charge in [-0.25, -0.2) is 0 Å². The van der Waals surface area contributed by atoms with Crippen LogP contribution >= 0.6 is 0 Å². The molecule has 0 heterocycles. The highest BCUT2D eigenvalue weighted by Crippen LogP contribution is 2.36. The van der Waals surface area contributed by atoms with E-state index in [2.05, 4.69) is 81.1 Å². The van der Waals surface area contributed by atoms with Gasteiger partial charge in [0.1, 0.15) is 6.61 Å². The first-order valence-electron chi connectivity index (χ1n) is 8.76. The van der Waals surface area contributed by atoms with E-state index in [0.717, 1.165) is 0 Å². The van der Waals surface area contributed by atoms with Crippen LogP contribution in [0.5, 0.6) is 0 Å². The molecule has 0 bridgehead atoms. The molecule has 132 valence electrons. The van der Waals surface area contributed by atoms with Gasteiger partial charge in [0.2, 0.25) is 0 Å². The molecule has 25 heavy (non-hydrogen) atoms. The first-order chi connectivity index (χ1) is 11.9. The summed E-state index contributed by atoms with van der Waals surface area (Å²) in [6.45, 7) is 9.29. The largest absolute Gasteiger partial charge is 0.406 e. The van der Waals surface area contributed by atoms with Crippen molar-refractivity contribution in [1.29, 1.82) is 0 Å². The van der Waals surface area contributed by atoms with E-state index in [4.69, 9.17) is 9.53 Å². The number of aliphatic hydroxyl groups excluding tert-OH is 1. The van der Waals surface area contributed by atoms with Crippen LogP contribution in [0.4, 0.5) is 0 Å². The molecule has 0 spiro atoms. The monoisotopic (exact) mass is 352 g/mol. The molecule has 0 amide bonds. The molecule has 0 saturated carbocycles. The molecule has 0 fully saturated rings. The second kappa shape index (κ2) is 8.49. The number of hydrogen-bond acceptors (Lipinski definition) is 2. The van der Waals surface area contributed by atoms with Crippen molar-refractivity contribution in [1.82, 2.24) is 0 Å². The molecular formula is C22H28O2Si. The standard InChI is InChI=1S/C22H28O2Si/c1-19(12-11-17-23)18-24-25(22(2,3)4,20-13-7-5-8-14-20)21-15-9-6-10-16-21/h5-10,13-16,19,23H,17-18H2,1-4H3. The van der Waals surface area contributed by atoms with Crippen LogP contribution in [-0.2, 0) is 4.43 Å². The lowest BCUT2D eigenvalue weighted by Gasteiger charge is -2.43. The van der Waals surface area contributed by atoms with Gasteiger partial charge >= 0.3 is 0 Å². The van der Waals surface area contributed by atoms with Crippen LogP contribution in [-0.4, -0.2) is 26.6 Å². The molecule has 2 aromatic carbocycles. The molecule has 0 aliphatic heterocycles. The molecule has 0 aromatic heterocycles. The second-order valence-electron chi connectivity index (χ2n) is 7.35. The summed E-state index contributed by atoms with van der Waals surface area (Å²) in [7, 11) is -2.48. The van der Waals surface area contributed by atoms with Gasteiger partial charge in [-0.2, -0.15) is 0 Å². The Balaban J connectivity index is 2.53. The highest BCUT2D eigenvalue weighted by Gasteiger charge is 2.50. The molecular weight excluding hydrogens is 324 g/mol. The fourth-order valence-corrected chi connectivity index (χ4v) is 7.93. The van der Waals surface area contributed by atoms with Crippen molar-refractivity contribution < 1.29 is 9.53 Å². The summed E-state index contributed by atoms with van der Waals surface area (Å²) in [5, 5.41) is 11.4. The summed E-state index contributed by atoms with van der Waals surface area (Å²) in [6.07, 6.45) is 0. The van der Waals surface area contributed by atoms with Crippen LogP contribution in [0.2, 0.25) is 5.04 Å². The summed E-state index contributed by atoms with van der Waals surface area (Å²) in [4.78, 5) is 0. The molecule has 0 aliphatic rings. The Morgan fingerprint density at radius 2 is 1.44 bits per heavy atom. The van der Waals surface area contributed by atoms with Gasteiger partial charge in [-0.05, 0) is 22.3 Å². The predicted molar refractivity (Wildman–Crippen MR) is 108 cm³/mol. The third-order valence-electron chi connectivity index (χ3n) is 4.39. The molecule has 0 radical (unpaired) electrons. The zero-order chi connectivity index (χ0) is 18.3. The molecule has 1 atom stereocenters. The fourth-order valence-electron chi connectivity index (χ4n) is 3.27. The van der Waals surface area contributed by atoms with E-state index in [1.165, 1.54) is 10.4 Å². The second-order valence-corrected chi connectivity index (χ2v) is 11.7. The van der Waals surface area contributed by atoms with Crippen LogP contribution in [0.1, 0.15) is 27.7 Å². The first kappa shape index (κ1) is 19.5.